The fraction of sp³-hybridized carbons (Fsp3) is 0. The monoisotopic (exact) mass is 624 g/mol. The zero-order chi connectivity index (χ0) is 32.3. The van der Waals surface area contributed by atoms with Crippen LogP contribution in [-0.2, 0) is 0 Å². The summed E-state index contributed by atoms with van der Waals surface area (Å²) in [5, 5.41) is 12.2. The van der Waals surface area contributed by atoms with Crippen LogP contribution in [0.5, 0.6) is 0 Å². The first-order chi connectivity index (χ1) is 24.3. The van der Waals surface area contributed by atoms with Gasteiger partial charge in [0.1, 0.15) is 0 Å². The molecule has 3 aromatic heterocycles. The zero-order valence-electron chi connectivity index (χ0n) is 26.5. The summed E-state index contributed by atoms with van der Waals surface area (Å²) in [5.41, 5.74) is 10.3. The van der Waals surface area contributed by atoms with Crippen LogP contribution in [-0.4, -0.2) is 19.6 Å². The van der Waals surface area contributed by atoms with E-state index in [0.29, 0.717) is 0 Å². The largest absolute Gasteiger partial charge is 0.247 e. The van der Waals surface area contributed by atoms with E-state index in [1.807, 2.05) is 28.8 Å². The first-order valence-electron chi connectivity index (χ1n) is 16.5. The van der Waals surface area contributed by atoms with E-state index in [4.69, 9.17) is 15.1 Å². The van der Waals surface area contributed by atoms with Crippen LogP contribution in [0.1, 0.15) is 0 Å². The van der Waals surface area contributed by atoms with Crippen molar-refractivity contribution in [2.45, 2.75) is 0 Å². The number of para-hydroxylation sites is 2. The predicted molar refractivity (Wildman–Crippen MR) is 203 cm³/mol. The molecule has 0 aliphatic heterocycles. The van der Waals surface area contributed by atoms with Crippen molar-refractivity contribution in [2.24, 2.45) is 0 Å². The summed E-state index contributed by atoms with van der Waals surface area (Å²) in [6.07, 6.45) is 0. The van der Waals surface area contributed by atoms with Gasteiger partial charge < -0.3 is 0 Å². The highest BCUT2D eigenvalue weighted by Gasteiger charge is 2.16. The highest BCUT2D eigenvalue weighted by Crippen LogP contribution is 2.38. The molecule has 0 radical (unpaired) electrons. The third-order valence-electron chi connectivity index (χ3n) is 9.59. The lowest BCUT2D eigenvalue weighted by molar-refractivity contribution is 0.949. The van der Waals surface area contributed by atoms with Crippen molar-refractivity contribution in [2.75, 3.05) is 0 Å². The molecule has 0 aliphatic carbocycles. The number of pyridine rings is 1. The Balaban J connectivity index is 1.09. The smallest absolute Gasteiger partial charge is 0.161 e. The maximum absolute atomic E-state index is 5.20. The second-order valence-electron chi connectivity index (χ2n) is 12.5. The van der Waals surface area contributed by atoms with E-state index in [1.165, 1.54) is 21.5 Å². The quantitative estimate of drug-likeness (QED) is 0.183. The molecule has 10 rings (SSSR count). The fourth-order valence-corrected chi connectivity index (χ4v) is 7.22. The van der Waals surface area contributed by atoms with Crippen molar-refractivity contribution in [1.29, 1.82) is 0 Å². The number of hydrogen-bond acceptors (Lipinski definition) is 3. The van der Waals surface area contributed by atoms with Gasteiger partial charge in [0.05, 0.1) is 27.9 Å². The Hall–Kier alpha value is -6.65. The molecule has 10 aromatic rings. The first kappa shape index (κ1) is 27.5. The molecule has 4 heteroatoms. The summed E-state index contributed by atoms with van der Waals surface area (Å²) in [6.45, 7) is 0. The van der Waals surface area contributed by atoms with Gasteiger partial charge in [0.2, 0.25) is 0 Å². The van der Waals surface area contributed by atoms with Gasteiger partial charge in [-0.05, 0) is 46.2 Å². The number of fused-ring (bicyclic) bond motifs is 8. The first-order valence-corrected chi connectivity index (χ1v) is 16.5. The molecule has 0 amide bonds. The molecule has 0 fully saturated rings. The van der Waals surface area contributed by atoms with Crippen molar-refractivity contribution in [3.05, 3.63) is 170 Å². The molecule has 3 heterocycles. The van der Waals surface area contributed by atoms with Gasteiger partial charge >= 0.3 is 0 Å². The third-order valence-corrected chi connectivity index (χ3v) is 9.59. The van der Waals surface area contributed by atoms with Gasteiger partial charge in [-0.1, -0.05) is 146 Å². The number of nitrogens with zero attached hydrogens (tertiary/aromatic N) is 4. The van der Waals surface area contributed by atoms with Gasteiger partial charge in [-0.2, -0.15) is 5.10 Å². The maximum Gasteiger partial charge on any atom is 0.161 e. The molecule has 7 aromatic carbocycles. The lowest BCUT2D eigenvalue weighted by Gasteiger charge is -2.13. The van der Waals surface area contributed by atoms with Crippen molar-refractivity contribution in [3.8, 4) is 45.0 Å². The van der Waals surface area contributed by atoms with Crippen LogP contribution in [0.2, 0.25) is 0 Å². The minimum atomic E-state index is 0.813. The highest BCUT2D eigenvalue weighted by atomic mass is 15.3. The molecule has 0 saturated carbocycles. The van der Waals surface area contributed by atoms with E-state index in [-0.39, 0.29) is 0 Å². The topological polar surface area (TPSA) is 43.1 Å². The average molecular weight is 625 g/mol. The van der Waals surface area contributed by atoms with Crippen molar-refractivity contribution >= 4 is 48.9 Å². The SMILES string of the molecule is c1ccc(-c2cc3c4ccccc4nc(-c4cccc(-c5ccc(-c6nc7ccccc7c7c6ccc6ccccc67)cc5)c4)n3n2)cc1. The van der Waals surface area contributed by atoms with Crippen molar-refractivity contribution in [3.63, 3.8) is 0 Å². The minimum absolute atomic E-state index is 0.813. The Morgan fingerprint density at radius 3 is 1.88 bits per heavy atom. The number of hydrogen-bond donors (Lipinski definition) is 0. The second-order valence-corrected chi connectivity index (χ2v) is 12.5. The van der Waals surface area contributed by atoms with Crippen molar-refractivity contribution in [1.82, 2.24) is 19.6 Å². The van der Waals surface area contributed by atoms with Crippen LogP contribution in [0.15, 0.2) is 170 Å². The van der Waals surface area contributed by atoms with Gasteiger partial charge in [0.15, 0.2) is 5.82 Å². The molecule has 0 aliphatic rings. The fourth-order valence-electron chi connectivity index (χ4n) is 7.22. The summed E-state index contributed by atoms with van der Waals surface area (Å²) in [6, 6.07) is 59.6. The second kappa shape index (κ2) is 11.0. The molecule has 0 spiro atoms. The molecule has 49 heavy (non-hydrogen) atoms. The summed E-state index contributed by atoms with van der Waals surface area (Å²) in [4.78, 5) is 10.3. The summed E-state index contributed by atoms with van der Waals surface area (Å²) >= 11 is 0. The van der Waals surface area contributed by atoms with E-state index in [0.717, 1.165) is 72.4 Å². The van der Waals surface area contributed by atoms with Crippen LogP contribution < -0.4 is 0 Å². The molecular formula is C45H28N4. The summed E-state index contributed by atoms with van der Waals surface area (Å²) < 4.78 is 1.99. The van der Waals surface area contributed by atoms with Gasteiger partial charge in [-0.3, -0.25) is 0 Å². The number of benzene rings is 7. The van der Waals surface area contributed by atoms with Gasteiger partial charge in [-0.15, -0.1) is 0 Å². The molecule has 0 saturated heterocycles. The number of rotatable bonds is 4. The van der Waals surface area contributed by atoms with Crippen LogP contribution in [0.25, 0.3) is 93.9 Å². The average Bonchev–Trinajstić information content (AvgIpc) is 3.64. The normalized spacial score (nSPS) is 11.7. The highest BCUT2D eigenvalue weighted by molar-refractivity contribution is 6.22. The molecule has 0 atom stereocenters. The van der Waals surface area contributed by atoms with E-state index in [9.17, 15) is 0 Å². The van der Waals surface area contributed by atoms with E-state index < -0.39 is 0 Å². The molecule has 228 valence electrons. The summed E-state index contributed by atoms with van der Waals surface area (Å²) in [5.74, 6) is 0.813. The van der Waals surface area contributed by atoms with Gasteiger partial charge in [0, 0.05) is 38.2 Å². The Labute approximate surface area is 282 Å². The van der Waals surface area contributed by atoms with Gasteiger partial charge in [-0.25, -0.2) is 14.5 Å². The lowest BCUT2D eigenvalue weighted by atomic mass is 9.94. The zero-order valence-corrected chi connectivity index (χ0v) is 26.5. The number of aromatic nitrogens is 4. The molecule has 0 bridgehead atoms. The molecule has 4 nitrogen and oxygen atoms in total. The maximum atomic E-state index is 5.20. The lowest BCUT2D eigenvalue weighted by Crippen LogP contribution is -1.99. The van der Waals surface area contributed by atoms with Crippen LogP contribution in [0.3, 0.4) is 0 Å². The predicted octanol–water partition coefficient (Wildman–Crippen LogP) is 11.4. The Morgan fingerprint density at radius 1 is 0.388 bits per heavy atom. The Morgan fingerprint density at radius 2 is 1.04 bits per heavy atom. The molecule has 0 unspecified atom stereocenters. The third kappa shape index (κ3) is 4.49. The minimum Gasteiger partial charge on any atom is -0.247 e. The summed E-state index contributed by atoms with van der Waals surface area (Å²) in [7, 11) is 0. The van der Waals surface area contributed by atoms with Crippen LogP contribution in [0, 0.1) is 0 Å². The van der Waals surface area contributed by atoms with Crippen LogP contribution in [0.4, 0.5) is 0 Å². The molecule has 0 N–H and O–H groups in total. The van der Waals surface area contributed by atoms with E-state index in [2.05, 4.69) is 146 Å². The van der Waals surface area contributed by atoms with Crippen molar-refractivity contribution < 1.29 is 0 Å². The van der Waals surface area contributed by atoms with Gasteiger partial charge in [0.25, 0.3) is 0 Å². The Kier molecular flexibility index (Phi) is 6.15. The Bertz CT molecular complexity index is 2850. The standard InChI is InChI=1S/C45H28N4/c1-2-12-31(13-3-1)41-28-42-36-17-6-8-19-39(36)47-45(49(42)48-41)34-15-10-14-33(27-34)29-21-23-32(24-22-29)44-38-26-25-30-11-4-5-16-35(30)43(38)37-18-7-9-20-40(37)46-44/h1-28H. The van der Waals surface area contributed by atoms with E-state index >= 15 is 0 Å². The molecular weight excluding hydrogens is 597 g/mol. The van der Waals surface area contributed by atoms with E-state index in [1.54, 1.807) is 0 Å². The van der Waals surface area contributed by atoms with Crippen LogP contribution >= 0.6 is 0 Å².